The summed E-state index contributed by atoms with van der Waals surface area (Å²) in [5, 5.41) is 8.42. The van der Waals surface area contributed by atoms with Crippen LogP contribution in [-0.4, -0.2) is 28.7 Å². The molecule has 158 valence electrons. The van der Waals surface area contributed by atoms with Crippen LogP contribution in [0.3, 0.4) is 0 Å². The molecule has 0 N–H and O–H groups in total. The third-order valence-electron chi connectivity index (χ3n) is 5.20. The fourth-order valence-corrected chi connectivity index (χ4v) is 3.52. The minimum atomic E-state index is -0.194. The third-order valence-corrected chi connectivity index (χ3v) is 5.20. The van der Waals surface area contributed by atoms with Gasteiger partial charge >= 0.3 is 11.4 Å². The number of nitrogens with zero attached hydrogens (tertiary/aromatic N) is 6. The predicted octanol–water partition coefficient (Wildman–Crippen LogP) is 2.48. The van der Waals surface area contributed by atoms with Crippen molar-refractivity contribution < 1.29 is 0 Å². The van der Waals surface area contributed by atoms with Crippen LogP contribution in [0.4, 0.5) is 0 Å². The Bertz CT molecular complexity index is 1330. The predicted molar refractivity (Wildman–Crippen MR) is 120 cm³/mol. The number of para-hydroxylation sites is 2. The van der Waals surface area contributed by atoms with Crippen LogP contribution in [0.15, 0.2) is 107 Å². The Hall–Kier alpha value is -4.46. The molecule has 5 aromatic rings. The van der Waals surface area contributed by atoms with Gasteiger partial charge in [-0.3, -0.25) is 9.13 Å². The van der Waals surface area contributed by atoms with E-state index in [0.717, 1.165) is 22.5 Å². The largest absolute Gasteiger partial charge is 0.350 e. The highest BCUT2D eigenvalue weighted by Gasteiger charge is 2.09. The zero-order valence-corrected chi connectivity index (χ0v) is 17.2. The van der Waals surface area contributed by atoms with E-state index in [0.29, 0.717) is 13.1 Å². The van der Waals surface area contributed by atoms with Gasteiger partial charge in [0.2, 0.25) is 0 Å². The van der Waals surface area contributed by atoms with Crippen molar-refractivity contribution in [2.75, 3.05) is 0 Å². The topological polar surface area (TPSA) is 79.6 Å². The van der Waals surface area contributed by atoms with Gasteiger partial charge < -0.3 is 0 Å². The summed E-state index contributed by atoms with van der Waals surface area (Å²) < 4.78 is 5.89. The van der Waals surface area contributed by atoms with Gasteiger partial charge in [0, 0.05) is 0 Å². The van der Waals surface area contributed by atoms with Gasteiger partial charge in [-0.05, 0) is 35.4 Å². The van der Waals surface area contributed by atoms with Crippen LogP contribution in [0.1, 0.15) is 11.1 Å². The van der Waals surface area contributed by atoms with Crippen molar-refractivity contribution in [3.05, 3.63) is 130 Å². The zero-order valence-electron chi connectivity index (χ0n) is 17.2. The summed E-state index contributed by atoms with van der Waals surface area (Å²) in [5.74, 6) is 0. The Morgan fingerprint density at radius 3 is 1.28 bits per heavy atom. The fourth-order valence-electron chi connectivity index (χ4n) is 3.52. The zero-order chi connectivity index (χ0) is 21.9. The summed E-state index contributed by atoms with van der Waals surface area (Å²) in [6.45, 7) is 0.829. The number of benzene rings is 3. The van der Waals surface area contributed by atoms with Gasteiger partial charge in [-0.1, -0.05) is 60.7 Å². The maximum absolute atomic E-state index is 12.7. The molecule has 0 atom stereocenters. The molecule has 0 saturated carbocycles. The van der Waals surface area contributed by atoms with Crippen molar-refractivity contribution >= 4 is 0 Å². The molecule has 2 heterocycles. The second-order valence-corrected chi connectivity index (χ2v) is 7.39. The van der Waals surface area contributed by atoms with Crippen molar-refractivity contribution in [3.63, 3.8) is 0 Å². The number of aromatic nitrogens is 6. The number of hydrogen-bond acceptors (Lipinski definition) is 4. The van der Waals surface area contributed by atoms with Gasteiger partial charge in [-0.15, -0.1) is 0 Å². The molecular weight excluding hydrogens is 404 g/mol. The highest BCUT2D eigenvalue weighted by Crippen LogP contribution is 2.08. The van der Waals surface area contributed by atoms with Crippen LogP contribution in [0.25, 0.3) is 11.4 Å². The smallest absolute Gasteiger partial charge is 0.277 e. The first kappa shape index (κ1) is 19.5. The number of hydrogen-bond donors (Lipinski definition) is 0. The minimum absolute atomic E-state index is 0.194. The lowest BCUT2D eigenvalue weighted by Gasteiger charge is -2.05. The molecule has 0 aliphatic rings. The summed E-state index contributed by atoms with van der Waals surface area (Å²) in [7, 11) is 0. The molecular formula is C24H20N6O2. The molecule has 5 rings (SSSR count). The number of rotatable bonds is 6. The quantitative estimate of drug-likeness (QED) is 0.420. The van der Waals surface area contributed by atoms with Crippen LogP contribution in [-0.2, 0) is 13.1 Å². The average Bonchev–Trinajstić information content (AvgIpc) is 3.38. The van der Waals surface area contributed by atoms with Crippen molar-refractivity contribution in [1.82, 2.24) is 28.7 Å². The van der Waals surface area contributed by atoms with E-state index in [2.05, 4.69) is 10.2 Å². The van der Waals surface area contributed by atoms with Crippen LogP contribution in [0.5, 0.6) is 0 Å². The van der Waals surface area contributed by atoms with Crippen molar-refractivity contribution in [2.24, 2.45) is 0 Å². The molecule has 3 aromatic carbocycles. The molecule has 0 bridgehead atoms. The molecule has 2 aromatic heterocycles. The maximum Gasteiger partial charge on any atom is 0.350 e. The summed E-state index contributed by atoms with van der Waals surface area (Å²) in [6.07, 6.45) is 3.08. The fraction of sp³-hybridized carbons (Fsp3) is 0.0833. The SMILES string of the molecule is O=c1n(Cc2ccc(Cn3cnn(-c4ccccc4)c3=O)cc2)cnn1-c1ccccc1. The summed E-state index contributed by atoms with van der Waals surface area (Å²) in [4.78, 5) is 25.3. The first-order chi connectivity index (χ1) is 15.7. The summed E-state index contributed by atoms with van der Waals surface area (Å²) >= 11 is 0. The molecule has 8 nitrogen and oxygen atoms in total. The van der Waals surface area contributed by atoms with Crippen LogP contribution in [0, 0.1) is 0 Å². The molecule has 0 aliphatic carbocycles. The molecule has 0 radical (unpaired) electrons. The van der Waals surface area contributed by atoms with E-state index in [9.17, 15) is 9.59 Å². The monoisotopic (exact) mass is 424 g/mol. The van der Waals surface area contributed by atoms with E-state index in [-0.39, 0.29) is 11.4 Å². The molecule has 0 unspecified atom stereocenters. The molecule has 0 fully saturated rings. The lowest BCUT2D eigenvalue weighted by atomic mass is 10.1. The van der Waals surface area contributed by atoms with Gasteiger partial charge in [0.1, 0.15) is 12.7 Å². The summed E-state index contributed by atoms with van der Waals surface area (Å²) in [5.41, 5.74) is 3.01. The first-order valence-corrected chi connectivity index (χ1v) is 10.2. The van der Waals surface area contributed by atoms with E-state index < -0.39 is 0 Å². The van der Waals surface area contributed by atoms with E-state index >= 15 is 0 Å². The Kier molecular flexibility index (Phi) is 5.09. The van der Waals surface area contributed by atoms with Crippen LogP contribution < -0.4 is 11.4 Å². The Labute approximate surface area is 183 Å². The molecule has 32 heavy (non-hydrogen) atoms. The highest BCUT2D eigenvalue weighted by molar-refractivity contribution is 5.30. The van der Waals surface area contributed by atoms with Crippen molar-refractivity contribution in [2.45, 2.75) is 13.1 Å². The minimum Gasteiger partial charge on any atom is -0.277 e. The van der Waals surface area contributed by atoms with Crippen LogP contribution in [0.2, 0.25) is 0 Å². The average molecular weight is 424 g/mol. The normalized spacial score (nSPS) is 11.0. The summed E-state index contributed by atoms with van der Waals surface area (Å²) in [6, 6.07) is 26.5. The van der Waals surface area contributed by atoms with Crippen molar-refractivity contribution in [1.29, 1.82) is 0 Å². The molecule has 0 saturated heterocycles. The van der Waals surface area contributed by atoms with Gasteiger partial charge in [0.25, 0.3) is 0 Å². The van der Waals surface area contributed by atoms with E-state index in [1.54, 1.807) is 21.8 Å². The molecule has 0 amide bonds. The van der Waals surface area contributed by atoms with Gasteiger partial charge in [-0.2, -0.15) is 19.6 Å². The highest BCUT2D eigenvalue weighted by atomic mass is 16.2. The molecule has 0 spiro atoms. The van der Waals surface area contributed by atoms with E-state index in [1.807, 2.05) is 84.9 Å². The van der Waals surface area contributed by atoms with Crippen molar-refractivity contribution in [3.8, 4) is 11.4 Å². The Morgan fingerprint density at radius 2 is 0.906 bits per heavy atom. The third kappa shape index (κ3) is 3.81. The molecule has 8 heteroatoms. The van der Waals surface area contributed by atoms with E-state index in [4.69, 9.17) is 0 Å². The van der Waals surface area contributed by atoms with Gasteiger partial charge in [-0.25, -0.2) is 9.59 Å². The van der Waals surface area contributed by atoms with Crippen LogP contribution >= 0.6 is 0 Å². The molecule has 0 aliphatic heterocycles. The maximum atomic E-state index is 12.7. The standard InChI is InChI=1S/C24H20N6O2/c31-23-27(17-25-29(23)21-7-3-1-4-8-21)15-19-11-13-20(14-12-19)16-28-18-26-30(24(28)32)22-9-5-2-6-10-22/h1-14,17-18H,15-16H2. The van der Waals surface area contributed by atoms with E-state index in [1.165, 1.54) is 9.36 Å². The second-order valence-electron chi connectivity index (χ2n) is 7.39. The second kappa shape index (κ2) is 8.35. The Morgan fingerprint density at radius 1 is 0.531 bits per heavy atom. The van der Waals surface area contributed by atoms with Gasteiger partial charge in [0.05, 0.1) is 24.5 Å². The lowest BCUT2D eigenvalue weighted by molar-refractivity contribution is 0.730. The Balaban J connectivity index is 1.31. The lowest BCUT2D eigenvalue weighted by Crippen LogP contribution is -2.24. The first-order valence-electron chi connectivity index (χ1n) is 10.2. The van der Waals surface area contributed by atoms with Gasteiger partial charge in [0.15, 0.2) is 0 Å².